The minimum atomic E-state index is -0.490. The maximum absolute atomic E-state index is 12.0. The fourth-order valence-electron chi connectivity index (χ4n) is 3.70. The fraction of sp³-hybridized carbons (Fsp3) is 0.435. The Morgan fingerprint density at radius 1 is 1.19 bits per heavy atom. The molecule has 3 rings (SSSR count). The van der Waals surface area contributed by atoms with Crippen LogP contribution in [0.15, 0.2) is 36.5 Å². The van der Waals surface area contributed by atoms with Crippen molar-refractivity contribution in [3.63, 3.8) is 0 Å². The Morgan fingerprint density at radius 2 is 1.88 bits per heavy atom. The summed E-state index contributed by atoms with van der Waals surface area (Å²) in [5.41, 5.74) is 1.19. The number of carbonyl (C=O) groups is 2. The Balaban J connectivity index is 1.75. The second-order valence-electron chi connectivity index (χ2n) is 7.70. The highest BCUT2D eigenvalue weighted by Gasteiger charge is 2.31. The zero-order valence-corrected chi connectivity index (χ0v) is 18.3. The first-order valence-corrected chi connectivity index (χ1v) is 10.7. The number of hydrogen-bond acceptors (Lipinski definition) is 8. The third-order valence-electron chi connectivity index (χ3n) is 5.41. The topological polar surface area (TPSA) is 112 Å². The molecule has 0 amide bonds. The largest absolute Gasteiger partial charge is 0.466 e. The first kappa shape index (κ1) is 23.2. The monoisotopic (exact) mass is 441 g/mol. The third kappa shape index (κ3) is 5.81. The van der Waals surface area contributed by atoms with Gasteiger partial charge < -0.3 is 19.2 Å². The summed E-state index contributed by atoms with van der Waals surface area (Å²) in [6, 6.07) is 8.67. The molecule has 0 bridgehead atoms. The van der Waals surface area contributed by atoms with Gasteiger partial charge in [0.25, 0.3) is 0 Å². The number of pyridine rings is 1. The van der Waals surface area contributed by atoms with Gasteiger partial charge in [0.1, 0.15) is 17.2 Å². The van der Waals surface area contributed by atoms with E-state index in [0.717, 1.165) is 5.56 Å². The van der Waals surface area contributed by atoms with Gasteiger partial charge in [-0.05, 0) is 56.9 Å². The maximum Gasteiger partial charge on any atom is 0.354 e. The van der Waals surface area contributed by atoms with E-state index in [-0.39, 0.29) is 29.2 Å². The number of ether oxygens (including phenoxy) is 2. The summed E-state index contributed by atoms with van der Waals surface area (Å²) in [5, 5.41) is 11.9. The van der Waals surface area contributed by atoms with E-state index in [1.54, 1.807) is 32.0 Å². The molecule has 2 heterocycles. The molecule has 9 nitrogen and oxygen atoms in total. The van der Waals surface area contributed by atoms with Crippen LogP contribution in [0.5, 0.6) is 11.6 Å². The van der Waals surface area contributed by atoms with E-state index < -0.39 is 4.92 Å². The summed E-state index contributed by atoms with van der Waals surface area (Å²) in [6.45, 7) is 4.66. The number of benzene rings is 1. The van der Waals surface area contributed by atoms with Crippen LogP contribution in [0.2, 0.25) is 0 Å². The Bertz CT molecular complexity index is 968. The lowest BCUT2D eigenvalue weighted by Gasteiger charge is -2.32. The van der Waals surface area contributed by atoms with Crippen LogP contribution in [0.3, 0.4) is 0 Å². The van der Waals surface area contributed by atoms with Gasteiger partial charge in [0.2, 0.25) is 0 Å². The molecule has 1 aromatic carbocycles. The molecule has 0 N–H and O–H groups in total. The van der Waals surface area contributed by atoms with Gasteiger partial charge in [-0.15, -0.1) is 0 Å². The molecule has 1 fully saturated rings. The number of esters is 1. The van der Waals surface area contributed by atoms with Crippen molar-refractivity contribution in [1.82, 2.24) is 4.98 Å². The zero-order valence-electron chi connectivity index (χ0n) is 18.3. The molecule has 32 heavy (non-hydrogen) atoms. The molecule has 170 valence electrons. The number of hydrogen-bond donors (Lipinski definition) is 0. The van der Waals surface area contributed by atoms with Crippen LogP contribution in [0, 0.1) is 16.0 Å². The zero-order chi connectivity index (χ0) is 23.1. The first-order chi connectivity index (χ1) is 15.4. The number of Topliss-reactive ketones (excluding diaryl/α,β-unsaturated/α-hetero) is 1. The summed E-state index contributed by atoms with van der Waals surface area (Å²) in [4.78, 5) is 40.5. The number of rotatable bonds is 9. The highest BCUT2D eigenvalue weighted by molar-refractivity contribution is 5.75. The SMILES string of the molecule is CCOC(=O)C1CCN(c2ccnc(Oc3ccc(CCC(C)=O)cc3)c2[N+](=O)[O-])CC1. The second-order valence-corrected chi connectivity index (χ2v) is 7.70. The van der Waals surface area contributed by atoms with E-state index in [4.69, 9.17) is 9.47 Å². The first-order valence-electron chi connectivity index (χ1n) is 10.7. The summed E-state index contributed by atoms with van der Waals surface area (Å²) in [6.07, 6.45) is 3.70. The number of nitrogens with zero attached hydrogens (tertiary/aromatic N) is 3. The lowest BCUT2D eigenvalue weighted by atomic mass is 9.96. The van der Waals surface area contributed by atoms with E-state index in [2.05, 4.69) is 4.98 Å². The molecule has 1 aliphatic rings. The van der Waals surface area contributed by atoms with Crippen molar-refractivity contribution in [2.45, 2.75) is 39.5 Å². The fourth-order valence-corrected chi connectivity index (χ4v) is 3.70. The van der Waals surface area contributed by atoms with Gasteiger partial charge >= 0.3 is 17.5 Å². The van der Waals surface area contributed by atoms with Crippen LogP contribution in [-0.2, 0) is 20.7 Å². The van der Waals surface area contributed by atoms with Crippen LogP contribution >= 0.6 is 0 Å². The quantitative estimate of drug-likeness (QED) is 0.325. The van der Waals surface area contributed by atoms with Crippen molar-refractivity contribution in [2.24, 2.45) is 5.92 Å². The lowest BCUT2D eigenvalue weighted by molar-refractivity contribution is -0.385. The van der Waals surface area contributed by atoms with Crippen LogP contribution in [-0.4, -0.2) is 41.4 Å². The normalized spacial score (nSPS) is 14.1. The minimum Gasteiger partial charge on any atom is -0.466 e. The van der Waals surface area contributed by atoms with Crippen LogP contribution in [0.1, 0.15) is 38.7 Å². The molecule has 1 aromatic heterocycles. The van der Waals surface area contributed by atoms with Crippen LogP contribution < -0.4 is 9.64 Å². The Kier molecular flexibility index (Phi) is 7.75. The number of carbonyl (C=O) groups excluding carboxylic acids is 2. The van der Waals surface area contributed by atoms with E-state index in [1.165, 1.54) is 6.20 Å². The van der Waals surface area contributed by atoms with Gasteiger partial charge in [0, 0.05) is 25.7 Å². The molecular formula is C23H27N3O6. The molecular weight excluding hydrogens is 414 g/mol. The number of anilines is 1. The molecule has 0 aliphatic carbocycles. The van der Waals surface area contributed by atoms with Gasteiger partial charge in [-0.25, -0.2) is 4.98 Å². The molecule has 1 saturated heterocycles. The van der Waals surface area contributed by atoms with Crippen molar-refractivity contribution >= 4 is 23.1 Å². The smallest absolute Gasteiger partial charge is 0.354 e. The number of piperidine rings is 1. The van der Waals surface area contributed by atoms with Crippen molar-refractivity contribution in [3.8, 4) is 11.6 Å². The van der Waals surface area contributed by atoms with Crippen molar-refractivity contribution in [3.05, 3.63) is 52.2 Å². The number of ketones is 1. The van der Waals surface area contributed by atoms with Crippen LogP contribution in [0.25, 0.3) is 0 Å². The molecule has 0 radical (unpaired) electrons. The van der Waals surface area contributed by atoms with E-state index >= 15 is 0 Å². The maximum atomic E-state index is 12.0. The summed E-state index contributed by atoms with van der Waals surface area (Å²) >= 11 is 0. The number of aryl methyl sites for hydroxylation is 1. The Hall–Kier alpha value is -3.49. The Labute approximate surface area is 186 Å². The predicted molar refractivity (Wildman–Crippen MR) is 118 cm³/mol. The molecule has 9 heteroatoms. The highest BCUT2D eigenvalue weighted by Crippen LogP contribution is 2.39. The van der Waals surface area contributed by atoms with Crippen molar-refractivity contribution in [1.29, 1.82) is 0 Å². The van der Waals surface area contributed by atoms with Crippen LogP contribution in [0.4, 0.5) is 11.4 Å². The molecule has 0 atom stereocenters. The summed E-state index contributed by atoms with van der Waals surface area (Å²) in [7, 11) is 0. The van der Waals surface area contributed by atoms with Gasteiger partial charge in [-0.1, -0.05) is 12.1 Å². The van der Waals surface area contributed by atoms with Gasteiger partial charge in [-0.2, -0.15) is 0 Å². The molecule has 1 aliphatic heterocycles. The van der Waals surface area contributed by atoms with Gasteiger partial charge in [-0.3, -0.25) is 14.9 Å². The number of nitro groups is 1. The average molecular weight is 441 g/mol. The van der Waals surface area contributed by atoms with E-state index in [0.29, 0.717) is 56.8 Å². The molecule has 0 spiro atoms. The van der Waals surface area contributed by atoms with Crippen molar-refractivity contribution in [2.75, 3.05) is 24.6 Å². The predicted octanol–water partition coefficient (Wildman–Crippen LogP) is 4.08. The summed E-state index contributed by atoms with van der Waals surface area (Å²) < 4.78 is 10.8. The minimum absolute atomic E-state index is 0.0866. The molecule has 0 unspecified atom stereocenters. The second kappa shape index (κ2) is 10.7. The van der Waals surface area contributed by atoms with Crippen molar-refractivity contribution < 1.29 is 24.0 Å². The van der Waals surface area contributed by atoms with Gasteiger partial charge in [0.15, 0.2) is 0 Å². The third-order valence-corrected chi connectivity index (χ3v) is 5.41. The molecule has 0 saturated carbocycles. The van der Waals surface area contributed by atoms with E-state index in [1.807, 2.05) is 17.0 Å². The summed E-state index contributed by atoms with van der Waals surface area (Å²) in [5.74, 6) is 0.0478. The Morgan fingerprint density at radius 3 is 2.47 bits per heavy atom. The van der Waals surface area contributed by atoms with Gasteiger partial charge in [0.05, 0.1) is 17.4 Å². The molecule has 2 aromatic rings. The lowest BCUT2D eigenvalue weighted by Crippen LogP contribution is -2.37. The highest BCUT2D eigenvalue weighted by atomic mass is 16.6. The van der Waals surface area contributed by atoms with E-state index in [9.17, 15) is 19.7 Å². The average Bonchev–Trinajstić information content (AvgIpc) is 2.78. The standard InChI is InChI=1S/C23H27N3O6/c1-3-31-23(28)18-11-14-25(15-12-18)20-10-13-24-22(21(20)26(29)30)32-19-8-6-17(7-9-19)5-4-16(2)27/h6-10,13,18H,3-5,11-12,14-15H2,1-2H3. The number of aromatic nitrogens is 1.